The van der Waals surface area contributed by atoms with Crippen LogP contribution < -0.4 is 15.2 Å². The molecular weight excluding hydrogens is 238 g/mol. The monoisotopic (exact) mass is 265 g/mol. The molecule has 0 bridgehead atoms. The van der Waals surface area contributed by atoms with E-state index in [1.807, 2.05) is 25.1 Å². The standard InChI is InChI=1S/C16H27NO2/c1-12(17)10-13-11-14(18-5)6-7-15(13)19-9-8-16(2,3)4/h6-7,11-12H,8-10,17H2,1-5H3. The fraction of sp³-hybridized carbons (Fsp3) is 0.625. The van der Waals surface area contributed by atoms with Crippen molar-refractivity contribution in [2.24, 2.45) is 11.1 Å². The van der Waals surface area contributed by atoms with Crippen LogP contribution in [0.4, 0.5) is 0 Å². The topological polar surface area (TPSA) is 44.5 Å². The van der Waals surface area contributed by atoms with Crippen LogP contribution in [0, 0.1) is 5.41 Å². The summed E-state index contributed by atoms with van der Waals surface area (Å²) in [6, 6.07) is 6.02. The maximum absolute atomic E-state index is 5.90. The molecule has 0 amide bonds. The first kappa shape index (κ1) is 15.8. The summed E-state index contributed by atoms with van der Waals surface area (Å²) in [4.78, 5) is 0. The molecule has 0 aliphatic heterocycles. The molecule has 1 rings (SSSR count). The fourth-order valence-electron chi connectivity index (χ4n) is 1.80. The minimum atomic E-state index is 0.108. The van der Waals surface area contributed by atoms with Crippen LogP contribution in [0.1, 0.15) is 39.7 Å². The zero-order valence-electron chi connectivity index (χ0n) is 12.8. The molecule has 1 aromatic carbocycles. The number of rotatable bonds is 6. The number of methoxy groups -OCH3 is 1. The maximum atomic E-state index is 5.90. The first-order chi connectivity index (χ1) is 8.81. The van der Waals surface area contributed by atoms with Gasteiger partial charge in [-0.1, -0.05) is 20.8 Å². The molecule has 0 aromatic heterocycles. The van der Waals surface area contributed by atoms with Crippen molar-refractivity contribution in [2.75, 3.05) is 13.7 Å². The lowest BCUT2D eigenvalue weighted by atomic mass is 9.93. The second-order valence-corrected chi connectivity index (χ2v) is 6.31. The van der Waals surface area contributed by atoms with Gasteiger partial charge in [0.2, 0.25) is 0 Å². The van der Waals surface area contributed by atoms with Gasteiger partial charge in [-0.2, -0.15) is 0 Å². The van der Waals surface area contributed by atoms with E-state index in [4.69, 9.17) is 15.2 Å². The largest absolute Gasteiger partial charge is 0.497 e. The van der Waals surface area contributed by atoms with Crippen molar-refractivity contribution in [3.63, 3.8) is 0 Å². The van der Waals surface area contributed by atoms with Crippen molar-refractivity contribution in [2.45, 2.75) is 46.6 Å². The quantitative estimate of drug-likeness (QED) is 0.857. The lowest BCUT2D eigenvalue weighted by Crippen LogP contribution is -2.19. The van der Waals surface area contributed by atoms with Gasteiger partial charge in [0.25, 0.3) is 0 Å². The predicted octanol–water partition coefficient (Wildman–Crippen LogP) is 3.40. The van der Waals surface area contributed by atoms with Gasteiger partial charge in [0.1, 0.15) is 11.5 Å². The van der Waals surface area contributed by atoms with E-state index in [0.717, 1.165) is 36.5 Å². The lowest BCUT2D eigenvalue weighted by molar-refractivity contribution is 0.241. The van der Waals surface area contributed by atoms with Crippen LogP contribution in [0.5, 0.6) is 11.5 Å². The average molecular weight is 265 g/mol. The van der Waals surface area contributed by atoms with Gasteiger partial charge in [0, 0.05) is 6.04 Å². The van der Waals surface area contributed by atoms with Gasteiger partial charge in [-0.05, 0) is 48.9 Å². The van der Waals surface area contributed by atoms with Crippen LogP contribution in [0.15, 0.2) is 18.2 Å². The van der Waals surface area contributed by atoms with E-state index in [1.165, 1.54) is 0 Å². The lowest BCUT2D eigenvalue weighted by Gasteiger charge is -2.20. The number of benzene rings is 1. The molecule has 1 unspecified atom stereocenters. The molecule has 0 heterocycles. The van der Waals surface area contributed by atoms with Crippen LogP contribution in [0.3, 0.4) is 0 Å². The van der Waals surface area contributed by atoms with Gasteiger partial charge in [0.15, 0.2) is 0 Å². The van der Waals surface area contributed by atoms with E-state index >= 15 is 0 Å². The van der Waals surface area contributed by atoms with Crippen molar-refractivity contribution in [1.82, 2.24) is 0 Å². The zero-order chi connectivity index (χ0) is 14.5. The highest BCUT2D eigenvalue weighted by molar-refractivity contribution is 5.40. The van der Waals surface area contributed by atoms with Crippen LogP contribution in [-0.4, -0.2) is 19.8 Å². The third kappa shape index (κ3) is 5.97. The van der Waals surface area contributed by atoms with Gasteiger partial charge < -0.3 is 15.2 Å². The summed E-state index contributed by atoms with van der Waals surface area (Å²) in [7, 11) is 1.67. The number of ether oxygens (including phenoxy) is 2. The molecule has 1 aromatic rings. The molecule has 0 aliphatic carbocycles. The molecule has 0 aliphatic rings. The Morgan fingerprint density at radius 3 is 2.47 bits per heavy atom. The van der Waals surface area contributed by atoms with E-state index in [-0.39, 0.29) is 11.5 Å². The summed E-state index contributed by atoms with van der Waals surface area (Å²) in [6.07, 6.45) is 1.82. The van der Waals surface area contributed by atoms with E-state index in [0.29, 0.717) is 0 Å². The van der Waals surface area contributed by atoms with Crippen molar-refractivity contribution < 1.29 is 9.47 Å². The first-order valence-electron chi connectivity index (χ1n) is 6.87. The van der Waals surface area contributed by atoms with E-state index in [2.05, 4.69) is 20.8 Å². The molecule has 0 saturated heterocycles. The smallest absolute Gasteiger partial charge is 0.122 e. The summed E-state index contributed by atoms with van der Waals surface area (Å²) < 4.78 is 11.2. The average Bonchev–Trinajstić information content (AvgIpc) is 2.28. The Morgan fingerprint density at radius 1 is 1.26 bits per heavy atom. The molecule has 108 valence electrons. The molecule has 19 heavy (non-hydrogen) atoms. The molecule has 1 atom stereocenters. The van der Waals surface area contributed by atoms with Gasteiger partial charge in [-0.15, -0.1) is 0 Å². The van der Waals surface area contributed by atoms with Crippen LogP contribution in [-0.2, 0) is 6.42 Å². The number of nitrogens with two attached hydrogens (primary N) is 1. The van der Waals surface area contributed by atoms with Crippen LogP contribution >= 0.6 is 0 Å². The second kappa shape index (κ2) is 6.80. The minimum absolute atomic E-state index is 0.108. The van der Waals surface area contributed by atoms with E-state index in [9.17, 15) is 0 Å². The molecule has 0 spiro atoms. The van der Waals surface area contributed by atoms with Crippen molar-refractivity contribution >= 4 is 0 Å². The van der Waals surface area contributed by atoms with Crippen molar-refractivity contribution in [3.05, 3.63) is 23.8 Å². The summed E-state index contributed by atoms with van der Waals surface area (Å²) in [5, 5.41) is 0. The Hall–Kier alpha value is -1.22. The Bertz CT molecular complexity index is 394. The first-order valence-corrected chi connectivity index (χ1v) is 6.87. The third-order valence-corrected chi connectivity index (χ3v) is 2.92. The summed E-state index contributed by atoms with van der Waals surface area (Å²) in [5.41, 5.74) is 7.29. The number of hydrogen-bond donors (Lipinski definition) is 1. The van der Waals surface area contributed by atoms with E-state index in [1.54, 1.807) is 7.11 Å². The van der Waals surface area contributed by atoms with Gasteiger partial charge >= 0.3 is 0 Å². The van der Waals surface area contributed by atoms with Crippen molar-refractivity contribution in [3.8, 4) is 11.5 Å². The van der Waals surface area contributed by atoms with Gasteiger partial charge in [-0.3, -0.25) is 0 Å². The highest BCUT2D eigenvalue weighted by Crippen LogP contribution is 2.26. The highest BCUT2D eigenvalue weighted by atomic mass is 16.5. The molecule has 3 nitrogen and oxygen atoms in total. The van der Waals surface area contributed by atoms with Crippen LogP contribution in [0.25, 0.3) is 0 Å². The van der Waals surface area contributed by atoms with Gasteiger partial charge in [-0.25, -0.2) is 0 Å². The summed E-state index contributed by atoms with van der Waals surface area (Å²) in [6.45, 7) is 9.37. The SMILES string of the molecule is COc1ccc(OCCC(C)(C)C)c(CC(C)N)c1. The minimum Gasteiger partial charge on any atom is -0.497 e. The Kier molecular flexibility index (Phi) is 5.67. The summed E-state index contributed by atoms with van der Waals surface area (Å²) >= 11 is 0. The predicted molar refractivity (Wildman–Crippen MR) is 79.9 cm³/mol. The van der Waals surface area contributed by atoms with Crippen LogP contribution in [0.2, 0.25) is 0 Å². The molecule has 2 N–H and O–H groups in total. The fourth-order valence-corrected chi connectivity index (χ4v) is 1.80. The summed E-state index contributed by atoms with van der Waals surface area (Å²) in [5.74, 6) is 1.76. The molecule has 0 saturated carbocycles. The maximum Gasteiger partial charge on any atom is 0.122 e. The Labute approximate surface area is 117 Å². The Balaban J connectivity index is 2.75. The third-order valence-electron chi connectivity index (χ3n) is 2.92. The van der Waals surface area contributed by atoms with E-state index < -0.39 is 0 Å². The normalized spacial score (nSPS) is 13.2. The number of hydrogen-bond acceptors (Lipinski definition) is 3. The molecule has 0 fully saturated rings. The van der Waals surface area contributed by atoms with Gasteiger partial charge in [0.05, 0.1) is 13.7 Å². The zero-order valence-corrected chi connectivity index (χ0v) is 12.8. The second-order valence-electron chi connectivity index (χ2n) is 6.31. The molecule has 3 heteroatoms. The molecule has 0 radical (unpaired) electrons. The highest BCUT2D eigenvalue weighted by Gasteiger charge is 2.12. The van der Waals surface area contributed by atoms with Crippen molar-refractivity contribution in [1.29, 1.82) is 0 Å². The Morgan fingerprint density at radius 2 is 1.95 bits per heavy atom. The molecular formula is C16H27NO2.